The summed E-state index contributed by atoms with van der Waals surface area (Å²) in [6.07, 6.45) is 5.73. The van der Waals surface area contributed by atoms with Crippen molar-refractivity contribution in [2.75, 3.05) is 11.9 Å². The highest BCUT2D eigenvalue weighted by atomic mass is 32.1. The monoisotopic (exact) mass is 394 g/mol. The van der Waals surface area contributed by atoms with Crippen molar-refractivity contribution in [3.05, 3.63) is 46.9 Å². The molecule has 2 N–H and O–H groups in total. The zero-order valence-electron chi connectivity index (χ0n) is 15.2. The number of aromatic nitrogens is 2. The van der Waals surface area contributed by atoms with Gasteiger partial charge >= 0.3 is 0 Å². The third-order valence-corrected chi connectivity index (χ3v) is 7.43. The number of anilines is 2. The minimum Gasteiger partial charge on any atom is -0.355 e. The fourth-order valence-corrected chi connectivity index (χ4v) is 5.87. The number of benzene rings is 1. The molecule has 6 heteroatoms. The molecule has 4 nitrogen and oxygen atoms in total. The van der Waals surface area contributed by atoms with Gasteiger partial charge in [-0.05, 0) is 56.6 Å². The Morgan fingerprint density at radius 1 is 1.15 bits per heavy atom. The highest BCUT2D eigenvalue weighted by molar-refractivity contribution is 7.18. The molecular formula is C21H22N4S2. The standard InChI is InChI=1S/C21H22N4S2/c1-13-15(4-2-3-8-22-13)20-11-16-17(7-9-23-21(16)27-20)25-14-5-6-19-18(10-14)24-12-26-19/h5-7,9-13,15,22H,2-4,8H2,1H3,(H,23,25)/t13-,15?/m0/s1. The first-order valence-corrected chi connectivity index (χ1v) is 11.2. The summed E-state index contributed by atoms with van der Waals surface area (Å²) in [7, 11) is 0. The van der Waals surface area contributed by atoms with Crippen LogP contribution in [0.3, 0.4) is 0 Å². The van der Waals surface area contributed by atoms with Crippen molar-refractivity contribution in [1.29, 1.82) is 0 Å². The van der Waals surface area contributed by atoms with Crippen molar-refractivity contribution in [3.63, 3.8) is 0 Å². The average molecular weight is 395 g/mol. The molecule has 1 aliphatic heterocycles. The lowest BCUT2D eigenvalue weighted by molar-refractivity contribution is 0.488. The normalized spacial score (nSPS) is 20.8. The van der Waals surface area contributed by atoms with Crippen molar-refractivity contribution in [2.45, 2.75) is 38.1 Å². The Labute approximate surface area is 166 Å². The fourth-order valence-electron chi connectivity index (χ4n) is 3.94. The van der Waals surface area contributed by atoms with Gasteiger partial charge in [0.1, 0.15) is 4.83 Å². The first-order chi connectivity index (χ1) is 13.3. The Morgan fingerprint density at radius 3 is 3.07 bits per heavy atom. The summed E-state index contributed by atoms with van der Waals surface area (Å²) in [6.45, 7) is 3.45. The van der Waals surface area contributed by atoms with Crippen LogP contribution in [-0.4, -0.2) is 22.6 Å². The maximum absolute atomic E-state index is 4.64. The van der Waals surface area contributed by atoms with E-state index in [0.717, 1.165) is 28.3 Å². The van der Waals surface area contributed by atoms with Crippen LogP contribution in [0.25, 0.3) is 20.4 Å². The predicted molar refractivity (Wildman–Crippen MR) is 117 cm³/mol. The first-order valence-electron chi connectivity index (χ1n) is 9.50. The molecule has 2 atom stereocenters. The summed E-state index contributed by atoms with van der Waals surface area (Å²) in [5, 5.41) is 8.47. The van der Waals surface area contributed by atoms with Crippen LogP contribution >= 0.6 is 22.7 Å². The number of nitrogens with one attached hydrogen (secondary N) is 2. The number of nitrogens with zero attached hydrogens (tertiary/aromatic N) is 2. The van der Waals surface area contributed by atoms with Crippen molar-refractivity contribution >= 4 is 54.5 Å². The Balaban J connectivity index is 1.50. The number of rotatable bonds is 3. The zero-order chi connectivity index (χ0) is 18.2. The van der Waals surface area contributed by atoms with Crippen LogP contribution in [0.1, 0.15) is 37.0 Å². The van der Waals surface area contributed by atoms with Gasteiger partial charge < -0.3 is 10.6 Å². The highest BCUT2D eigenvalue weighted by Gasteiger charge is 2.23. The quantitative estimate of drug-likeness (QED) is 0.454. The molecule has 1 fully saturated rings. The van der Waals surface area contributed by atoms with E-state index in [1.54, 1.807) is 11.3 Å². The second kappa shape index (κ2) is 7.19. The third kappa shape index (κ3) is 3.33. The van der Waals surface area contributed by atoms with E-state index in [4.69, 9.17) is 0 Å². The van der Waals surface area contributed by atoms with E-state index in [-0.39, 0.29) is 0 Å². The van der Waals surface area contributed by atoms with Gasteiger partial charge in [0.25, 0.3) is 0 Å². The first kappa shape index (κ1) is 17.1. The lowest BCUT2D eigenvalue weighted by atomic mass is 9.94. The van der Waals surface area contributed by atoms with Gasteiger partial charge in [0.05, 0.1) is 21.4 Å². The smallest absolute Gasteiger partial charge is 0.125 e. The van der Waals surface area contributed by atoms with Crippen LogP contribution < -0.4 is 10.6 Å². The van der Waals surface area contributed by atoms with Crippen LogP contribution in [0.15, 0.2) is 42.0 Å². The van der Waals surface area contributed by atoms with E-state index >= 15 is 0 Å². The summed E-state index contributed by atoms with van der Waals surface area (Å²) in [5.74, 6) is 0.575. The van der Waals surface area contributed by atoms with Crippen LogP contribution in [0.5, 0.6) is 0 Å². The van der Waals surface area contributed by atoms with Crippen molar-refractivity contribution in [1.82, 2.24) is 15.3 Å². The summed E-state index contributed by atoms with van der Waals surface area (Å²) in [6, 6.07) is 11.3. The second-order valence-electron chi connectivity index (χ2n) is 7.23. The minimum absolute atomic E-state index is 0.518. The Hall–Kier alpha value is -2.02. The van der Waals surface area contributed by atoms with Crippen molar-refractivity contribution in [3.8, 4) is 0 Å². The second-order valence-corrected chi connectivity index (χ2v) is 9.18. The Kier molecular flexibility index (Phi) is 4.55. The molecule has 0 bridgehead atoms. The van der Waals surface area contributed by atoms with E-state index in [2.05, 4.69) is 57.9 Å². The van der Waals surface area contributed by atoms with E-state index < -0.39 is 0 Å². The molecule has 0 aliphatic carbocycles. The molecular weight excluding hydrogens is 372 g/mol. The van der Waals surface area contributed by atoms with Gasteiger partial charge in [0, 0.05) is 34.1 Å². The lowest BCUT2D eigenvalue weighted by Crippen LogP contribution is -2.30. The molecule has 0 spiro atoms. The molecule has 3 aromatic heterocycles. The molecule has 0 saturated carbocycles. The number of hydrogen-bond donors (Lipinski definition) is 2. The molecule has 138 valence electrons. The van der Waals surface area contributed by atoms with Gasteiger partial charge in [-0.25, -0.2) is 9.97 Å². The molecule has 1 aliphatic rings. The molecule has 1 saturated heterocycles. The molecule has 0 amide bonds. The molecule has 27 heavy (non-hydrogen) atoms. The lowest BCUT2D eigenvalue weighted by Gasteiger charge is -2.20. The molecule has 4 heterocycles. The van der Waals surface area contributed by atoms with Gasteiger partial charge in [-0.1, -0.05) is 6.42 Å². The van der Waals surface area contributed by atoms with E-state index in [9.17, 15) is 0 Å². The summed E-state index contributed by atoms with van der Waals surface area (Å²) < 4.78 is 1.22. The number of hydrogen-bond acceptors (Lipinski definition) is 6. The summed E-state index contributed by atoms with van der Waals surface area (Å²) >= 11 is 3.52. The van der Waals surface area contributed by atoms with E-state index in [1.807, 2.05) is 23.0 Å². The van der Waals surface area contributed by atoms with E-state index in [1.165, 1.54) is 34.2 Å². The molecule has 5 rings (SSSR count). The molecule has 1 aromatic carbocycles. The van der Waals surface area contributed by atoms with Crippen molar-refractivity contribution in [2.24, 2.45) is 0 Å². The fraction of sp³-hybridized carbons (Fsp3) is 0.333. The highest BCUT2D eigenvalue weighted by Crippen LogP contribution is 2.38. The van der Waals surface area contributed by atoms with Gasteiger partial charge in [0.15, 0.2) is 0 Å². The average Bonchev–Trinajstić information content (AvgIpc) is 3.26. The van der Waals surface area contributed by atoms with Crippen LogP contribution in [0.4, 0.5) is 11.4 Å². The number of pyridine rings is 1. The predicted octanol–water partition coefficient (Wildman–Crippen LogP) is 5.90. The SMILES string of the molecule is C[C@@H]1NCCCCC1c1cc2c(Nc3ccc4scnc4c3)ccnc2s1. The largest absolute Gasteiger partial charge is 0.355 e. The van der Waals surface area contributed by atoms with Gasteiger partial charge in [-0.2, -0.15) is 0 Å². The third-order valence-electron chi connectivity index (χ3n) is 5.44. The topological polar surface area (TPSA) is 49.8 Å². The van der Waals surface area contributed by atoms with Crippen LogP contribution in [0.2, 0.25) is 0 Å². The molecule has 4 aromatic rings. The minimum atomic E-state index is 0.518. The van der Waals surface area contributed by atoms with Gasteiger partial charge in [-0.15, -0.1) is 22.7 Å². The van der Waals surface area contributed by atoms with Crippen LogP contribution in [-0.2, 0) is 0 Å². The van der Waals surface area contributed by atoms with Gasteiger partial charge in [-0.3, -0.25) is 0 Å². The molecule has 1 unspecified atom stereocenters. The Morgan fingerprint density at radius 2 is 2.11 bits per heavy atom. The number of thiazole rings is 1. The zero-order valence-corrected chi connectivity index (χ0v) is 16.9. The maximum Gasteiger partial charge on any atom is 0.125 e. The Bertz CT molecular complexity index is 1080. The van der Waals surface area contributed by atoms with Crippen LogP contribution in [0, 0.1) is 0 Å². The summed E-state index contributed by atoms with van der Waals surface area (Å²) in [4.78, 5) is 11.6. The summed E-state index contributed by atoms with van der Waals surface area (Å²) in [5.41, 5.74) is 5.12. The molecule has 0 radical (unpaired) electrons. The number of fused-ring (bicyclic) bond motifs is 2. The van der Waals surface area contributed by atoms with Crippen molar-refractivity contribution < 1.29 is 0 Å². The maximum atomic E-state index is 4.64. The number of thiophene rings is 1. The van der Waals surface area contributed by atoms with Gasteiger partial charge in [0.2, 0.25) is 0 Å². The van der Waals surface area contributed by atoms with E-state index in [0.29, 0.717) is 12.0 Å².